The SMILES string of the molecule is Cc1cc(C)c([S@@](=O)/N=C/c2ccco2)c(C)c1. The lowest BCUT2D eigenvalue weighted by Crippen LogP contribution is -1.97. The highest BCUT2D eigenvalue weighted by molar-refractivity contribution is 7.84. The number of furan rings is 1. The van der Waals surface area contributed by atoms with E-state index in [-0.39, 0.29) is 0 Å². The van der Waals surface area contributed by atoms with Gasteiger partial charge < -0.3 is 4.42 Å². The zero-order chi connectivity index (χ0) is 13.1. The van der Waals surface area contributed by atoms with E-state index in [1.807, 2.05) is 32.9 Å². The molecule has 1 atom stereocenters. The maximum atomic E-state index is 12.2. The molecule has 3 nitrogen and oxygen atoms in total. The second-order valence-corrected chi connectivity index (χ2v) is 5.34. The minimum atomic E-state index is -1.39. The van der Waals surface area contributed by atoms with Crippen LogP contribution in [0.4, 0.5) is 0 Å². The van der Waals surface area contributed by atoms with Crippen molar-refractivity contribution >= 4 is 17.2 Å². The van der Waals surface area contributed by atoms with E-state index < -0.39 is 11.0 Å². The van der Waals surface area contributed by atoms with E-state index >= 15 is 0 Å². The van der Waals surface area contributed by atoms with Gasteiger partial charge in [0.2, 0.25) is 0 Å². The van der Waals surface area contributed by atoms with Gasteiger partial charge in [-0.3, -0.25) is 0 Å². The molecule has 0 aliphatic carbocycles. The summed E-state index contributed by atoms with van der Waals surface area (Å²) in [6, 6.07) is 7.58. The smallest absolute Gasteiger partial charge is 0.173 e. The summed E-state index contributed by atoms with van der Waals surface area (Å²) in [5.41, 5.74) is 3.17. The summed E-state index contributed by atoms with van der Waals surface area (Å²) in [7, 11) is -1.39. The fraction of sp³-hybridized carbons (Fsp3) is 0.214. The van der Waals surface area contributed by atoms with Gasteiger partial charge in [0, 0.05) is 0 Å². The first-order chi connectivity index (χ1) is 8.58. The van der Waals surface area contributed by atoms with Gasteiger partial charge >= 0.3 is 0 Å². The largest absolute Gasteiger partial charge is 0.463 e. The number of aryl methyl sites for hydroxylation is 3. The number of rotatable bonds is 3. The van der Waals surface area contributed by atoms with Gasteiger partial charge in [0.1, 0.15) is 5.76 Å². The van der Waals surface area contributed by atoms with E-state index in [4.69, 9.17) is 4.42 Å². The molecule has 18 heavy (non-hydrogen) atoms. The molecular weight excluding hydrogens is 246 g/mol. The molecule has 0 saturated carbocycles. The highest BCUT2D eigenvalue weighted by atomic mass is 32.2. The molecule has 1 heterocycles. The van der Waals surface area contributed by atoms with Crippen molar-refractivity contribution in [3.63, 3.8) is 0 Å². The minimum Gasteiger partial charge on any atom is -0.463 e. The lowest BCUT2D eigenvalue weighted by Gasteiger charge is -2.07. The highest BCUT2D eigenvalue weighted by Gasteiger charge is 2.10. The number of benzene rings is 1. The first kappa shape index (κ1) is 12.8. The molecule has 94 valence electrons. The highest BCUT2D eigenvalue weighted by Crippen LogP contribution is 2.20. The van der Waals surface area contributed by atoms with E-state index in [1.165, 1.54) is 11.8 Å². The summed E-state index contributed by atoms with van der Waals surface area (Å²) in [6.07, 6.45) is 3.06. The monoisotopic (exact) mass is 261 g/mol. The summed E-state index contributed by atoms with van der Waals surface area (Å²) in [4.78, 5) is 0.781. The summed E-state index contributed by atoms with van der Waals surface area (Å²) in [6.45, 7) is 5.93. The van der Waals surface area contributed by atoms with Crippen LogP contribution in [0.3, 0.4) is 0 Å². The molecule has 0 aliphatic heterocycles. The molecule has 0 radical (unpaired) electrons. The summed E-state index contributed by atoms with van der Waals surface area (Å²) in [5, 5.41) is 0. The minimum absolute atomic E-state index is 0.603. The molecular formula is C14H15NO2S. The maximum Gasteiger partial charge on any atom is 0.173 e. The summed E-state index contributed by atoms with van der Waals surface area (Å²) in [5.74, 6) is 0.603. The molecule has 0 spiro atoms. The molecule has 0 fully saturated rings. The van der Waals surface area contributed by atoms with Gasteiger partial charge in [0.05, 0.1) is 17.4 Å². The van der Waals surface area contributed by atoms with Gasteiger partial charge in [0.25, 0.3) is 0 Å². The third kappa shape index (κ3) is 2.76. The van der Waals surface area contributed by atoms with Gasteiger partial charge in [-0.1, -0.05) is 17.7 Å². The predicted molar refractivity (Wildman–Crippen MR) is 73.4 cm³/mol. The van der Waals surface area contributed by atoms with E-state index in [0.717, 1.165) is 16.0 Å². The van der Waals surface area contributed by atoms with E-state index in [1.54, 1.807) is 18.4 Å². The van der Waals surface area contributed by atoms with Crippen LogP contribution in [-0.2, 0) is 11.0 Å². The van der Waals surface area contributed by atoms with Crippen LogP contribution in [0.15, 0.2) is 44.2 Å². The lowest BCUT2D eigenvalue weighted by atomic mass is 10.1. The first-order valence-corrected chi connectivity index (χ1v) is 6.76. The second kappa shape index (κ2) is 5.31. The number of hydrogen-bond donors (Lipinski definition) is 0. The molecule has 0 N–H and O–H groups in total. The second-order valence-electron chi connectivity index (χ2n) is 4.23. The van der Waals surface area contributed by atoms with Crippen molar-refractivity contribution in [2.75, 3.05) is 0 Å². The van der Waals surface area contributed by atoms with Crippen LogP contribution in [-0.4, -0.2) is 10.4 Å². The zero-order valence-electron chi connectivity index (χ0n) is 10.6. The van der Waals surface area contributed by atoms with Gasteiger partial charge in [-0.05, 0) is 44.0 Å². The number of nitrogens with zero attached hydrogens (tertiary/aromatic N) is 1. The van der Waals surface area contributed by atoms with Crippen molar-refractivity contribution in [3.8, 4) is 0 Å². The Kier molecular flexibility index (Phi) is 3.77. The molecule has 0 unspecified atom stereocenters. The molecule has 2 aromatic rings. The Balaban J connectivity index is 2.30. The Bertz CT molecular complexity index is 577. The predicted octanol–water partition coefficient (Wildman–Crippen LogP) is 3.35. The topological polar surface area (TPSA) is 42.6 Å². The first-order valence-electron chi connectivity index (χ1n) is 5.65. The standard InChI is InChI=1S/C14H15NO2S/c1-10-7-11(2)14(12(3)8-10)18(16)15-9-13-5-4-6-17-13/h4-9H,1-3H3/b15-9+/t18-/m1/s1. The average Bonchev–Trinajstić information content (AvgIpc) is 2.77. The fourth-order valence-electron chi connectivity index (χ4n) is 1.96. The van der Waals surface area contributed by atoms with E-state index in [9.17, 15) is 4.21 Å². The van der Waals surface area contributed by atoms with Gasteiger partial charge in [-0.25, -0.2) is 4.21 Å². The molecule has 4 heteroatoms. The Labute approximate surface area is 109 Å². The Hall–Kier alpha value is -1.68. The van der Waals surface area contributed by atoms with Crippen molar-refractivity contribution in [1.82, 2.24) is 0 Å². The van der Waals surface area contributed by atoms with Crippen LogP contribution in [0.1, 0.15) is 22.5 Å². The van der Waals surface area contributed by atoms with Crippen molar-refractivity contribution in [2.45, 2.75) is 25.7 Å². The lowest BCUT2D eigenvalue weighted by molar-refractivity contribution is 0.560. The molecule has 0 aliphatic rings. The van der Waals surface area contributed by atoms with E-state index in [2.05, 4.69) is 4.40 Å². The van der Waals surface area contributed by atoms with Gasteiger partial charge in [-0.15, -0.1) is 0 Å². The van der Waals surface area contributed by atoms with Crippen LogP contribution in [0.5, 0.6) is 0 Å². The van der Waals surface area contributed by atoms with Crippen LogP contribution in [0, 0.1) is 20.8 Å². The van der Waals surface area contributed by atoms with Crippen molar-refractivity contribution in [2.24, 2.45) is 4.40 Å². The Morgan fingerprint density at radius 1 is 1.22 bits per heavy atom. The number of hydrogen-bond acceptors (Lipinski definition) is 2. The van der Waals surface area contributed by atoms with Crippen LogP contribution >= 0.6 is 0 Å². The Morgan fingerprint density at radius 2 is 1.89 bits per heavy atom. The Morgan fingerprint density at radius 3 is 2.44 bits per heavy atom. The van der Waals surface area contributed by atoms with Crippen LogP contribution in [0.25, 0.3) is 0 Å². The third-order valence-corrected chi connectivity index (χ3v) is 3.89. The van der Waals surface area contributed by atoms with E-state index in [0.29, 0.717) is 5.76 Å². The molecule has 1 aromatic heterocycles. The van der Waals surface area contributed by atoms with Crippen LogP contribution < -0.4 is 0 Å². The molecule has 2 rings (SSSR count). The summed E-state index contributed by atoms with van der Waals surface area (Å²) >= 11 is 0. The van der Waals surface area contributed by atoms with Crippen molar-refractivity contribution in [3.05, 3.63) is 53.0 Å². The van der Waals surface area contributed by atoms with Gasteiger partial charge in [-0.2, -0.15) is 4.40 Å². The fourth-order valence-corrected chi connectivity index (χ4v) is 2.93. The van der Waals surface area contributed by atoms with Crippen molar-refractivity contribution < 1.29 is 8.63 Å². The molecule has 0 bridgehead atoms. The average molecular weight is 261 g/mol. The molecule has 0 amide bonds. The normalized spacial score (nSPS) is 13.1. The summed E-state index contributed by atoms with van der Waals surface area (Å²) < 4.78 is 21.3. The zero-order valence-corrected chi connectivity index (χ0v) is 11.5. The quantitative estimate of drug-likeness (QED) is 0.795. The maximum absolute atomic E-state index is 12.2. The van der Waals surface area contributed by atoms with Crippen molar-refractivity contribution in [1.29, 1.82) is 0 Å². The third-order valence-electron chi connectivity index (χ3n) is 2.60. The molecule has 0 saturated heterocycles. The van der Waals surface area contributed by atoms with Gasteiger partial charge in [0.15, 0.2) is 11.0 Å². The molecule has 1 aromatic carbocycles. The van der Waals surface area contributed by atoms with Crippen LogP contribution in [0.2, 0.25) is 0 Å².